The molecule has 2 heterocycles. The van der Waals surface area contributed by atoms with E-state index in [9.17, 15) is 13.6 Å². The van der Waals surface area contributed by atoms with Crippen LogP contribution in [0.4, 0.5) is 13.6 Å². The van der Waals surface area contributed by atoms with Crippen LogP contribution in [0.5, 0.6) is 0 Å². The molecule has 0 aliphatic carbocycles. The van der Waals surface area contributed by atoms with Crippen LogP contribution in [0, 0.1) is 17.0 Å². The fourth-order valence-electron chi connectivity index (χ4n) is 4.74. The van der Waals surface area contributed by atoms with Crippen molar-refractivity contribution in [1.29, 1.82) is 0 Å². The number of aromatic nitrogens is 3. The van der Waals surface area contributed by atoms with E-state index in [1.54, 1.807) is 14.5 Å². The first kappa shape index (κ1) is 27.7. The van der Waals surface area contributed by atoms with Crippen molar-refractivity contribution in [3.8, 4) is 11.4 Å². The molecule has 1 saturated heterocycles. The largest absolute Gasteiger partial charge is 0.378 e. The standard InChI is InChI=1S/C28H36F2N6O2/c1-28(2,3)24(35(13-7-12-31)27(37)34-14-16-38-17-15-34)26-32-25(22-18-21(29)10-11-23(22)30)33-36(26)19-20-8-5-4-6-9-20/h4-6,8-11,18,24H,7,12-17,19,31H2,1-3H3/t24-/m0/s1. The monoisotopic (exact) mass is 526 g/mol. The van der Waals surface area contributed by atoms with E-state index in [1.807, 2.05) is 51.1 Å². The molecule has 38 heavy (non-hydrogen) atoms. The summed E-state index contributed by atoms with van der Waals surface area (Å²) >= 11 is 0. The number of nitrogens with two attached hydrogens (primary N) is 1. The third kappa shape index (κ3) is 6.36. The minimum absolute atomic E-state index is 0.0289. The molecule has 1 aliphatic heterocycles. The second-order valence-corrected chi connectivity index (χ2v) is 10.5. The average molecular weight is 527 g/mol. The van der Waals surface area contributed by atoms with Crippen molar-refractivity contribution in [2.75, 3.05) is 39.4 Å². The molecule has 2 N–H and O–H groups in total. The van der Waals surface area contributed by atoms with Crippen molar-refractivity contribution in [2.24, 2.45) is 11.1 Å². The van der Waals surface area contributed by atoms with Crippen molar-refractivity contribution < 1.29 is 18.3 Å². The Kier molecular flexibility index (Phi) is 8.73. The number of carbonyl (C=O) groups is 1. The number of hydrogen-bond donors (Lipinski definition) is 1. The first-order valence-electron chi connectivity index (χ1n) is 13.0. The van der Waals surface area contributed by atoms with E-state index >= 15 is 0 Å². The second kappa shape index (κ2) is 12.0. The van der Waals surface area contributed by atoms with Gasteiger partial charge in [-0.1, -0.05) is 51.1 Å². The Morgan fingerprint density at radius 1 is 1.13 bits per heavy atom. The molecule has 3 aromatic rings. The Morgan fingerprint density at radius 3 is 2.50 bits per heavy atom. The maximum Gasteiger partial charge on any atom is 0.320 e. The normalized spacial score (nSPS) is 14.9. The van der Waals surface area contributed by atoms with Gasteiger partial charge in [-0.15, -0.1) is 0 Å². The molecule has 1 fully saturated rings. The molecule has 204 valence electrons. The number of urea groups is 1. The zero-order valence-corrected chi connectivity index (χ0v) is 22.2. The van der Waals surface area contributed by atoms with Gasteiger partial charge in [0.2, 0.25) is 0 Å². The van der Waals surface area contributed by atoms with Gasteiger partial charge in [-0.3, -0.25) is 0 Å². The molecule has 0 bridgehead atoms. The number of benzene rings is 2. The van der Waals surface area contributed by atoms with Crippen molar-refractivity contribution in [1.82, 2.24) is 24.6 Å². The van der Waals surface area contributed by atoms with Crippen molar-refractivity contribution in [3.63, 3.8) is 0 Å². The summed E-state index contributed by atoms with van der Waals surface area (Å²) in [5.74, 6) is -0.633. The zero-order chi connectivity index (χ0) is 27.3. The molecular weight excluding hydrogens is 490 g/mol. The summed E-state index contributed by atoms with van der Waals surface area (Å²) in [6, 6.07) is 12.3. The van der Waals surface area contributed by atoms with Crippen LogP contribution in [0.1, 0.15) is 44.6 Å². The number of morpholine rings is 1. The van der Waals surface area contributed by atoms with Crippen LogP contribution in [-0.2, 0) is 11.3 Å². The topological polar surface area (TPSA) is 89.5 Å². The molecule has 0 saturated carbocycles. The summed E-state index contributed by atoms with van der Waals surface area (Å²) in [5, 5.41) is 4.65. The SMILES string of the molecule is CC(C)(C)[C@H](c1nc(-c2cc(F)ccc2F)nn1Cc1ccccc1)N(CCCN)C(=O)N1CCOCC1. The third-order valence-electron chi connectivity index (χ3n) is 6.55. The molecule has 2 amide bonds. The van der Waals surface area contributed by atoms with Crippen LogP contribution < -0.4 is 5.73 Å². The molecule has 2 aromatic carbocycles. The number of carbonyl (C=O) groups excluding carboxylic acids is 1. The Bertz CT molecular complexity index is 1220. The first-order valence-corrected chi connectivity index (χ1v) is 13.0. The van der Waals surface area contributed by atoms with E-state index in [0.29, 0.717) is 58.2 Å². The van der Waals surface area contributed by atoms with Gasteiger partial charge in [-0.05, 0) is 42.1 Å². The third-order valence-corrected chi connectivity index (χ3v) is 6.55. The summed E-state index contributed by atoms with van der Waals surface area (Å²) in [6.45, 7) is 9.21. The molecule has 1 atom stereocenters. The van der Waals surface area contributed by atoms with Gasteiger partial charge < -0.3 is 20.3 Å². The smallest absolute Gasteiger partial charge is 0.320 e. The quantitative estimate of drug-likeness (QED) is 0.468. The number of ether oxygens (including phenoxy) is 1. The van der Waals surface area contributed by atoms with E-state index in [1.165, 1.54) is 0 Å². The summed E-state index contributed by atoms with van der Waals surface area (Å²) in [4.78, 5) is 22.3. The number of nitrogens with zero attached hydrogens (tertiary/aromatic N) is 5. The fourth-order valence-corrected chi connectivity index (χ4v) is 4.74. The lowest BCUT2D eigenvalue weighted by molar-refractivity contribution is 0.0281. The fraction of sp³-hybridized carbons (Fsp3) is 0.464. The van der Waals surface area contributed by atoms with Crippen molar-refractivity contribution in [2.45, 2.75) is 39.8 Å². The van der Waals surface area contributed by atoms with Crippen molar-refractivity contribution >= 4 is 6.03 Å². The Labute approximate surface area is 222 Å². The highest BCUT2D eigenvalue weighted by Crippen LogP contribution is 2.39. The first-order chi connectivity index (χ1) is 18.2. The highest BCUT2D eigenvalue weighted by molar-refractivity contribution is 5.75. The zero-order valence-electron chi connectivity index (χ0n) is 22.2. The van der Waals surface area contributed by atoms with E-state index in [2.05, 4.69) is 5.10 Å². The van der Waals surface area contributed by atoms with E-state index in [0.717, 1.165) is 23.8 Å². The van der Waals surface area contributed by atoms with Crippen LogP contribution in [0.2, 0.25) is 0 Å². The van der Waals surface area contributed by atoms with Gasteiger partial charge in [0, 0.05) is 19.6 Å². The maximum atomic E-state index is 14.8. The lowest BCUT2D eigenvalue weighted by atomic mass is 9.84. The summed E-state index contributed by atoms with van der Waals surface area (Å²) in [6.07, 6.45) is 0.598. The summed E-state index contributed by atoms with van der Waals surface area (Å²) < 4.78 is 36.1. The molecule has 0 spiro atoms. The van der Waals surface area contributed by atoms with Gasteiger partial charge in [0.05, 0.1) is 31.4 Å². The highest BCUT2D eigenvalue weighted by atomic mass is 19.1. The number of halogens is 2. The van der Waals surface area contributed by atoms with E-state index in [-0.39, 0.29) is 17.4 Å². The second-order valence-electron chi connectivity index (χ2n) is 10.5. The van der Waals surface area contributed by atoms with Gasteiger partial charge in [-0.25, -0.2) is 23.2 Å². The van der Waals surface area contributed by atoms with Crippen LogP contribution >= 0.6 is 0 Å². The summed E-state index contributed by atoms with van der Waals surface area (Å²) in [7, 11) is 0. The number of rotatable bonds is 8. The summed E-state index contributed by atoms with van der Waals surface area (Å²) in [5.41, 5.74) is 6.32. The van der Waals surface area contributed by atoms with E-state index < -0.39 is 23.1 Å². The minimum atomic E-state index is -0.619. The van der Waals surface area contributed by atoms with Gasteiger partial charge in [0.25, 0.3) is 0 Å². The number of hydrogen-bond acceptors (Lipinski definition) is 5. The molecule has 10 heteroatoms. The molecule has 1 aromatic heterocycles. The molecule has 0 unspecified atom stereocenters. The molecular formula is C28H36F2N6O2. The van der Waals surface area contributed by atoms with Gasteiger partial charge >= 0.3 is 6.03 Å². The van der Waals surface area contributed by atoms with Crippen LogP contribution in [0.25, 0.3) is 11.4 Å². The van der Waals surface area contributed by atoms with Crippen LogP contribution in [0.15, 0.2) is 48.5 Å². The Hall–Kier alpha value is -3.37. The number of amides is 2. The van der Waals surface area contributed by atoms with E-state index in [4.69, 9.17) is 15.5 Å². The lowest BCUT2D eigenvalue weighted by Gasteiger charge is -2.42. The maximum absolute atomic E-state index is 14.8. The molecule has 8 nitrogen and oxygen atoms in total. The van der Waals surface area contributed by atoms with Gasteiger partial charge in [0.15, 0.2) is 11.6 Å². The molecule has 4 rings (SSSR count). The molecule has 0 radical (unpaired) electrons. The Morgan fingerprint density at radius 2 is 1.84 bits per heavy atom. The predicted molar refractivity (Wildman–Crippen MR) is 141 cm³/mol. The lowest BCUT2D eigenvalue weighted by Crippen LogP contribution is -2.52. The minimum Gasteiger partial charge on any atom is -0.378 e. The van der Waals surface area contributed by atoms with Crippen molar-refractivity contribution in [3.05, 3.63) is 71.6 Å². The van der Waals surface area contributed by atoms with Crippen LogP contribution in [-0.4, -0.2) is 70.0 Å². The molecule has 1 aliphatic rings. The predicted octanol–water partition coefficient (Wildman–Crippen LogP) is 4.46. The highest BCUT2D eigenvalue weighted by Gasteiger charge is 2.40. The van der Waals surface area contributed by atoms with Gasteiger partial charge in [0.1, 0.15) is 11.6 Å². The Balaban J connectivity index is 1.85. The van der Waals surface area contributed by atoms with Gasteiger partial charge in [-0.2, -0.15) is 5.10 Å². The average Bonchev–Trinajstić information content (AvgIpc) is 3.30. The van der Waals surface area contributed by atoms with Crippen LogP contribution in [0.3, 0.4) is 0 Å².